The second-order valence-corrected chi connectivity index (χ2v) is 6.11. The molecule has 6 heteroatoms. The lowest BCUT2D eigenvalue weighted by Gasteiger charge is -2.14. The standard InChI is InChI=1S/C18H22N4O2/c1-12-7-8-16-14(9-12)15(11-24-16)21-18(23)19-10-13-5-4-6-17(20-13)22(2)3/h4-9,15H,10-11H2,1-3H3,(H2,19,21,23). The third-order valence-corrected chi connectivity index (χ3v) is 3.93. The Morgan fingerprint density at radius 1 is 1.33 bits per heavy atom. The molecule has 1 aromatic heterocycles. The first kappa shape index (κ1) is 16.1. The molecule has 2 N–H and O–H groups in total. The topological polar surface area (TPSA) is 66.5 Å². The number of fused-ring (bicyclic) bond motifs is 1. The zero-order valence-corrected chi connectivity index (χ0v) is 14.2. The van der Waals surface area contributed by atoms with Crippen LogP contribution in [0.5, 0.6) is 5.75 Å². The van der Waals surface area contributed by atoms with Gasteiger partial charge in [0.25, 0.3) is 0 Å². The Kier molecular flexibility index (Phi) is 4.55. The van der Waals surface area contributed by atoms with Gasteiger partial charge >= 0.3 is 6.03 Å². The molecule has 1 atom stereocenters. The number of pyridine rings is 1. The highest BCUT2D eigenvalue weighted by molar-refractivity contribution is 5.74. The first-order valence-electron chi connectivity index (χ1n) is 7.94. The second-order valence-electron chi connectivity index (χ2n) is 6.11. The Labute approximate surface area is 141 Å². The minimum atomic E-state index is -0.227. The highest BCUT2D eigenvalue weighted by atomic mass is 16.5. The highest BCUT2D eigenvalue weighted by Crippen LogP contribution is 2.32. The molecule has 2 heterocycles. The van der Waals surface area contributed by atoms with E-state index in [9.17, 15) is 4.79 Å². The Hall–Kier alpha value is -2.76. The monoisotopic (exact) mass is 326 g/mol. The van der Waals surface area contributed by atoms with Gasteiger partial charge in [-0.25, -0.2) is 9.78 Å². The lowest BCUT2D eigenvalue weighted by Crippen LogP contribution is -2.38. The maximum atomic E-state index is 12.2. The summed E-state index contributed by atoms with van der Waals surface area (Å²) in [6, 6.07) is 11.4. The lowest BCUT2D eigenvalue weighted by atomic mass is 10.1. The van der Waals surface area contributed by atoms with Crippen molar-refractivity contribution in [3.8, 4) is 5.75 Å². The van der Waals surface area contributed by atoms with E-state index < -0.39 is 0 Å². The van der Waals surface area contributed by atoms with Gasteiger partial charge in [-0.1, -0.05) is 23.8 Å². The number of urea groups is 1. The number of hydrogen-bond donors (Lipinski definition) is 2. The van der Waals surface area contributed by atoms with Crippen LogP contribution < -0.4 is 20.3 Å². The molecule has 2 aromatic rings. The van der Waals surface area contributed by atoms with Crippen LogP contribution in [0.1, 0.15) is 22.9 Å². The zero-order valence-electron chi connectivity index (χ0n) is 14.2. The van der Waals surface area contributed by atoms with Crippen molar-refractivity contribution in [3.05, 3.63) is 53.2 Å². The van der Waals surface area contributed by atoms with Crippen LogP contribution in [0.25, 0.3) is 0 Å². The van der Waals surface area contributed by atoms with Crippen molar-refractivity contribution in [2.75, 3.05) is 25.6 Å². The van der Waals surface area contributed by atoms with Crippen LogP contribution in [0.2, 0.25) is 0 Å². The van der Waals surface area contributed by atoms with Crippen molar-refractivity contribution in [3.63, 3.8) is 0 Å². The predicted molar refractivity (Wildman–Crippen MR) is 93.4 cm³/mol. The zero-order chi connectivity index (χ0) is 17.1. The van der Waals surface area contributed by atoms with E-state index >= 15 is 0 Å². The number of benzene rings is 1. The molecular weight excluding hydrogens is 304 g/mol. The fourth-order valence-corrected chi connectivity index (χ4v) is 2.65. The molecule has 0 fully saturated rings. The van der Waals surface area contributed by atoms with Crippen LogP contribution in [-0.4, -0.2) is 31.7 Å². The molecule has 1 aliphatic rings. The molecule has 2 amide bonds. The summed E-state index contributed by atoms with van der Waals surface area (Å²) < 4.78 is 5.61. The van der Waals surface area contributed by atoms with Crippen molar-refractivity contribution in [1.29, 1.82) is 0 Å². The number of nitrogens with one attached hydrogen (secondary N) is 2. The van der Waals surface area contributed by atoms with Crippen LogP contribution in [-0.2, 0) is 6.54 Å². The predicted octanol–water partition coefficient (Wildman–Crippen LogP) is 2.39. The number of hydrogen-bond acceptors (Lipinski definition) is 4. The molecule has 126 valence electrons. The molecular formula is C18H22N4O2. The summed E-state index contributed by atoms with van der Waals surface area (Å²) in [5.41, 5.74) is 2.99. The van der Waals surface area contributed by atoms with E-state index in [1.165, 1.54) is 0 Å². The van der Waals surface area contributed by atoms with Crippen LogP contribution in [0.3, 0.4) is 0 Å². The second kappa shape index (κ2) is 6.78. The number of ether oxygens (including phenoxy) is 1. The van der Waals surface area contributed by atoms with E-state index in [4.69, 9.17) is 4.74 Å². The lowest BCUT2D eigenvalue weighted by molar-refractivity contribution is 0.231. The minimum Gasteiger partial charge on any atom is -0.491 e. The van der Waals surface area contributed by atoms with Gasteiger partial charge in [-0.3, -0.25) is 0 Å². The number of aromatic nitrogens is 1. The van der Waals surface area contributed by atoms with Gasteiger partial charge in [0.2, 0.25) is 0 Å². The van der Waals surface area contributed by atoms with Crippen LogP contribution in [0.4, 0.5) is 10.6 Å². The molecule has 0 radical (unpaired) electrons. The summed E-state index contributed by atoms with van der Waals surface area (Å²) in [4.78, 5) is 18.6. The number of amides is 2. The third kappa shape index (κ3) is 3.59. The van der Waals surface area contributed by atoms with Crippen molar-refractivity contribution in [2.45, 2.75) is 19.5 Å². The molecule has 6 nitrogen and oxygen atoms in total. The van der Waals surface area contributed by atoms with E-state index in [-0.39, 0.29) is 12.1 Å². The van der Waals surface area contributed by atoms with Gasteiger partial charge in [-0.05, 0) is 25.1 Å². The molecule has 1 aliphatic heterocycles. The van der Waals surface area contributed by atoms with Gasteiger partial charge in [0.1, 0.15) is 18.2 Å². The summed E-state index contributed by atoms with van der Waals surface area (Å²) >= 11 is 0. The van der Waals surface area contributed by atoms with Gasteiger partial charge in [-0.2, -0.15) is 0 Å². The minimum absolute atomic E-state index is 0.124. The Balaban J connectivity index is 1.58. The van der Waals surface area contributed by atoms with Crippen molar-refractivity contribution < 1.29 is 9.53 Å². The van der Waals surface area contributed by atoms with E-state index in [1.54, 1.807) is 0 Å². The number of carbonyl (C=O) groups excluding carboxylic acids is 1. The summed E-state index contributed by atoms with van der Waals surface area (Å²) in [5.74, 6) is 1.70. The van der Waals surface area contributed by atoms with E-state index in [0.29, 0.717) is 13.2 Å². The maximum absolute atomic E-state index is 12.2. The summed E-state index contributed by atoms with van der Waals surface area (Å²) in [7, 11) is 3.87. The first-order chi connectivity index (χ1) is 11.5. The molecule has 1 aromatic carbocycles. The van der Waals surface area contributed by atoms with E-state index in [2.05, 4.69) is 21.7 Å². The summed E-state index contributed by atoms with van der Waals surface area (Å²) in [6.07, 6.45) is 0. The van der Waals surface area contributed by atoms with Crippen LogP contribution >= 0.6 is 0 Å². The van der Waals surface area contributed by atoms with E-state index in [1.807, 2.05) is 56.3 Å². The van der Waals surface area contributed by atoms with Crippen LogP contribution in [0.15, 0.2) is 36.4 Å². The molecule has 0 aliphatic carbocycles. The maximum Gasteiger partial charge on any atom is 0.315 e. The smallest absolute Gasteiger partial charge is 0.315 e. The Morgan fingerprint density at radius 2 is 2.17 bits per heavy atom. The quantitative estimate of drug-likeness (QED) is 0.905. The molecule has 3 rings (SSSR count). The number of nitrogens with zero attached hydrogens (tertiary/aromatic N) is 2. The SMILES string of the molecule is Cc1ccc2c(c1)C(NC(=O)NCc1cccc(N(C)C)n1)CO2. The molecule has 0 bridgehead atoms. The average Bonchev–Trinajstić information content (AvgIpc) is 2.95. The fraction of sp³-hybridized carbons (Fsp3) is 0.333. The fourth-order valence-electron chi connectivity index (χ4n) is 2.65. The summed E-state index contributed by atoms with van der Waals surface area (Å²) in [6.45, 7) is 2.86. The van der Waals surface area contributed by atoms with Crippen molar-refractivity contribution in [1.82, 2.24) is 15.6 Å². The van der Waals surface area contributed by atoms with Crippen LogP contribution in [0, 0.1) is 6.92 Å². The number of rotatable bonds is 4. The van der Waals surface area contributed by atoms with Crippen molar-refractivity contribution >= 4 is 11.8 Å². The molecule has 0 saturated carbocycles. The third-order valence-electron chi connectivity index (χ3n) is 3.93. The normalized spacial score (nSPS) is 15.4. The average molecular weight is 326 g/mol. The molecule has 0 spiro atoms. The molecule has 24 heavy (non-hydrogen) atoms. The molecule has 0 saturated heterocycles. The number of aryl methyl sites for hydroxylation is 1. The highest BCUT2D eigenvalue weighted by Gasteiger charge is 2.25. The largest absolute Gasteiger partial charge is 0.491 e. The number of carbonyl (C=O) groups is 1. The van der Waals surface area contributed by atoms with E-state index in [0.717, 1.165) is 28.4 Å². The molecule has 1 unspecified atom stereocenters. The van der Waals surface area contributed by atoms with Gasteiger partial charge < -0.3 is 20.3 Å². The van der Waals surface area contributed by atoms with Gasteiger partial charge in [-0.15, -0.1) is 0 Å². The number of anilines is 1. The van der Waals surface area contributed by atoms with Crippen molar-refractivity contribution in [2.24, 2.45) is 0 Å². The first-order valence-corrected chi connectivity index (χ1v) is 7.94. The summed E-state index contributed by atoms with van der Waals surface area (Å²) in [5, 5.41) is 5.81. The Morgan fingerprint density at radius 3 is 2.96 bits per heavy atom. The van der Waals surface area contributed by atoms with Gasteiger partial charge in [0.05, 0.1) is 18.3 Å². The van der Waals surface area contributed by atoms with Gasteiger partial charge in [0, 0.05) is 19.7 Å². The van der Waals surface area contributed by atoms with Gasteiger partial charge in [0.15, 0.2) is 0 Å². The Bertz CT molecular complexity index is 746.